The third kappa shape index (κ3) is 3.44. The van der Waals surface area contributed by atoms with Crippen LogP contribution in [0.3, 0.4) is 0 Å². The quantitative estimate of drug-likeness (QED) is 0.901. The molecule has 0 spiro atoms. The Morgan fingerprint density at radius 1 is 1.16 bits per heavy atom. The Labute approximate surface area is 118 Å². The average molecular weight is 328 g/mol. The highest BCUT2D eigenvalue weighted by Crippen LogP contribution is 2.26. The zero-order chi connectivity index (χ0) is 13.8. The number of anilines is 1. The third-order valence-electron chi connectivity index (χ3n) is 2.63. The molecular weight excluding hydrogens is 316 g/mol. The summed E-state index contributed by atoms with van der Waals surface area (Å²) in [7, 11) is 1.48. The van der Waals surface area contributed by atoms with Crippen LogP contribution in [-0.2, 0) is 6.54 Å². The molecule has 0 unspecified atom stereocenters. The lowest BCUT2D eigenvalue weighted by Gasteiger charge is -2.11. The van der Waals surface area contributed by atoms with Crippen LogP contribution in [0, 0.1) is 11.6 Å². The van der Waals surface area contributed by atoms with E-state index in [-0.39, 0.29) is 11.6 Å². The Balaban J connectivity index is 2.12. The molecule has 0 heterocycles. The molecule has 5 heteroatoms. The maximum Gasteiger partial charge on any atom is 0.144 e. The largest absolute Gasteiger partial charge is 0.494 e. The Hall–Kier alpha value is -1.62. The highest BCUT2D eigenvalue weighted by molar-refractivity contribution is 9.10. The van der Waals surface area contributed by atoms with Gasteiger partial charge in [0.1, 0.15) is 17.4 Å². The molecule has 0 saturated heterocycles. The van der Waals surface area contributed by atoms with Crippen LogP contribution < -0.4 is 10.1 Å². The number of hydrogen-bond donors (Lipinski definition) is 1. The van der Waals surface area contributed by atoms with Crippen molar-refractivity contribution in [2.24, 2.45) is 0 Å². The summed E-state index contributed by atoms with van der Waals surface area (Å²) in [6.45, 7) is 0.487. The molecular formula is C14H12BrF2NO. The van der Waals surface area contributed by atoms with Gasteiger partial charge in [0, 0.05) is 12.6 Å². The van der Waals surface area contributed by atoms with E-state index in [4.69, 9.17) is 4.74 Å². The monoisotopic (exact) mass is 327 g/mol. The second kappa shape index (κ2) is 6.02. The smallest absolute Gasteiger partial charge is 0.144 e. The van der Waals surface area contributed by atoms with Gasteiger partial charge in [-0.1, -0.05) is 6.07 Å². The van der Waals surface area contributed by atoms with E-state index in [9.17, 15) is 8.78 Å². The van der Waals surface area contributed by atoms with E-state index in [2.05, 4.69) is 21.2 Å². The van der Waals surface area contributed by atoms with Gasteiger partial charge in [-0.15, -0.1) is 0 Å². The fourth-order valence-corrected chi connectivity index (χ4v) is 2.08. The van der Waals surface area contributed by atoms with Gasteiger partial charge in [0.2, 0.25) is 0 Å². The van der Waals surface area contributed by atoms with Gasteiger partial charge in [-0.25, -0.2) is 8.78 Å². The predicted molar refractivity (Wildman–Crippen MR) is 74.4 cm³/mol. The van der Waals surface area contributed by atoms with Crippen molar-refractivity contribution in [1.82, 2.24) is 0 Å². The molecule has 0 aromatic heterocycles. The van der Waals surface area contributed by atoms with Crippen molar-refractivity contribution in [3.63, 3.8) is 0 Å². The summed E-state index contributed by atoms with van der Waals surface area (Å²) in [5.41, 5.74) is 1.59. The summed E-state index contributed by atoms with van der Waals surface area (Å²) < 4.78 is 31.6. The van der Waals surface area contributed by atoms with Crippen molar-refractivity contribution in [2.75, 3.05) is 12.4 Å². The van der Waals surface area contributed by atoms with Crippen molar-refractivity contribution in [3.05, 3.63) is 58.1 Å². The maximum atomic E-state index is 13.1. The van der Waals surface area contributed by atoms with Crippen LogP contribution in [0.4, 0.5) is 14.5 Å². The highest BCUT2D eigenvalue weighted by Gasteiger charge is 2.05. The molecule has 19 heavy (non-hydrogen) atoms. The lowest BCUT2D eigenvalue weighted by molar-refractivity contribution is 0.413. The van der Waals surface area contributed by atoms with Gasteiger partial charge in [0.05, 0.1) is 17.3 Å². The summed E-state index contributed by atoms with van der Waals surface area (Å²) >= 11 is 3.13. The van der Waals surface area contributed by atoms with Crippen LogP contribution in [0.25, 0.3) is 0 Å². The highest BCUT2D eigenvalue weighted by atomic mass is 79.9. The zero-order valence-electron chi connectivity index (χ0n) is 10.2. The van der Waals surface area contributed by atoms with Gasteiger partial charge in [-0.2, -0.15) is 0 Å². The molecule has 100 valence electrons. The van der Waals surface area contributed by atoms with Gasteiger partial charge in [0.25, 0.3) is 0 Å². The second-order valence-electron chi connectivity index (χ2n) is 3.95. The molecule has 0 saturated carbocycles. The van der Waals surface area contributed by atoms with Crippen LogP contribution in [0.2, 0.25) is 0 Å². The summed E-state index contributed by atoms with van der Waals surface area (Å²) in [5.74, 6) is -0.226. The van der Waals surface area contributed by atoms with Crippen molar-refractivity contribution in [1.29, 1.82) is 0 Å². The van der Waals surface area contributed by atoms with Gasteiger partial charge in [-0.05, 0) is 45.8 Å². The van der Waals surface area contributed by atoms with Crippen LogP contribution in [0.5, 0.6) is 5.75 Å². The number of benzene rings is 2. The predicted octanol–water partition coefficient (Wildman–Crippen LogP) is 4.35. The molecule has 0 aliphatic carbocycles. The van der Waals surface area contributed by atoms with E-state index >= 15 is 0 Å². The Morgan fingerprint density at radius 3 is 2.63 bits per heavy atom. The number of halogens is 3. The van der Waals surface area contributed by atoms with E-state index in [1.807, 2.05) is 0 Å². The number of nitrogens with one attached hydrogen (secondary N) is 1. The Morgan fingerprint density at radius 2 is 1.95 bits per heavy atom. The topological polar surface area (TPSA) is 21.3 Å². The minimum Gasteiger partial charge on any atom is -0.494 e. The van der Waals surface area contributed by atoms with Crippen molar-refractivity contribution >= 4 is 21.6 Å². The zero-order valence-corrected chi connectivity index (χ0v) is 11.8. The molecule has 0 aliphatic heterocycles. The average Bonchev–Trinajstić information content (AvgIpc) is 2.41. The van der Waals surface area contributed by atoms with Gasteiger partial charge >= 0.3 is 0 Å². The summed E-state index contributed by atoms with van der Waals surface area (Å²) in [4.78, 5) is 0. The fraction of sp³-hybridized carbons (Fsp3) is 0.143. The van der Waals surface area contributed by atoms with E-state index in [1.165, 1.54) is 25.3 Å². The van der Waals surface area contributed by atoms with Crippen LogP contribution in [0.1, 0.15) is 5.56 Å². The first-order valence-corrected chi connectivity index (χ1v) is 6.41. The second-order valence-corrected chi connectivity index (χ2v) is 4.80. The molecule has 0 fully saturated rings. The van der Waals surface area contributed by atoms with Crippen LogP contribution in [0.15, 0.2) is 40.9 Å². The van der Waals surface area contributed by atoms with Crippen LogP contribution in [-0.4, -0.2) is 7.11 Å². The van der Waals surface area contributed by atoms with Crippen molar-refractivity contribution in [3.8, 4) is 5.75 Å². The first kappa shape index (κ1) is 13.8. The Bertz CT molecular complexity index is 590. The van der Waals surface area contributed by atoms with Gasteiger partial charge in [-0.3, -0.25) is 0 Å². The first-order valence-electron chi connectivity index (χ1n) is 5.61. The van der Waals surface area contributed by atoms with Crippen molar-refractivity contribution in [2.45, 2.75) is 6.54 Å². The van der Waals surface area contributed by atoms with Gasteiger partial charge < -0.3 is 10.1 Å². The molecule has 0 atom stereocenters. The van der Waals surface area contributed by atoms with E-state index in [1.54, 1.807) is 18.2 Å². The number of ether oxygens (including phenoxy) is 1. The standard InChI is InChI=1S/C14H12BrF2NO/c1-19-14-7-10(16)3-5-13(14)18-8-9-2-4-12(17)11(15)6-9/h2-7,18H,8H2,1H3. The number of rotatable bonds is 4. The number of hydrogen-bond acceptors (Lipinski definition) is 2. The van der Waals surface area contributed by atoms with Crippen LogP contribution >= 0.6 is 15.9 Å². The SMILES string of the molecule is COc1cc(F)ccc1NCc1ccc(F)c(Br)c1. The normalized spacial score (nSPS) is 10.3. The first-order chi connectivity index (χ1) is 9.10. The molecule has 0 bridgehead atoms. The summed E-state index contributed by atoms with van der Waals surface area (Å²) in [6, 6.07) is 9.03. The van der Waals surface area contributed by atoms with Crippen molar-refractivity contribution < 1.29 is 13.5 Å². The number of methoxy groups -OCH3 is 1. The minimum atomic E-state index is -0.355. The molecule has 0 radical (unpaired) electrons. The molecule has 2 nitrogen and oxygen atoms in total. The third-order valence-corrected chi connectivity index (χ3v) is 3.24. The van der Waals surface area contributed by atoms with E-state index < -0.39 is 0 Å². The molecule has 0 aliphatic rings. The molecule has 2 aromatic rings. The lowest BCUT2D eigenvalue weighted by atomic mass is 10.2. The fourth-order valence-electron chi connectivity index (χ4n) is 1.66. The summed E-state index contributed by atoms with van der Waals surface area (Å²) in [6.07, 6.45) is 0. The molecule has 2 rings (SSSR count). The van der Waals surface area contributed by atoms with E-state index in [0.29, 0.717) is 22.5 Å². The molecule has 2 aromatic carbocycles. The van der Waals surface area contributed by atoms with E-state index in [0.717, 1.165) is 5.56 Å². The Kier molecular flexibility index (Phi) is 4.37. The minimum absolute atomic E-state index is 0.303. The molecule has 0 amide bonds. The lowest BCUT2D eigenvalue weighted by Crippen LogP contribution is -2.02. The van der Waals surface area contributed by atoms with Gasteiger partial charge in [0.15, 0.2) is 0 Å². The summed E-state index contributed by atoms with van der Waals surface area (Å²) in [5, 5.41) is 3.12. The molecule has 1 N–H and O–H groups in total. The maximum absolute atomic E-state index is 13.1.